The fraction of sp³-hybridized carbons (Fsp3) is 0.312. The van der Waals surface area contributed by atoms with E-state index < -0.39 is 0 Å². The van der Waals surface area contributed by atoms with Crippen molar-refractivity contribution in [3.05, 3.63) is 41.8 Å². The topological polar surface area (TPSA) is 92.1 Å². The number of nitrogens with one attached hydrogen (secondary N) is 1. The van der Waals surface area contributed by atoms with Gasteiger partial charge in [0.05, 0.1) is 11.6 Å². The standard InChI is InChI=1S/C16H17FN4O2/c17-12-5-3-10(4-6-12)13-8-14(20-19-13)16(23)21-7-1-2-11(9-21)15(18)22/h3-6,8,11H,1-2,7,9H2,(H2,18,22)(H,19,20). The van der Waals surface area contributed by atoms with Gasteiger partial charge >= 0.3 is 0 Å². The number of primary amides is 1. The smallest absolute Gasteiger partial charge is 0.271 e. The number of H-pyrrole nitrogens is 1. The van der Waals surface area contributed by atoms with Gasteiger partial charge in [-0.3, -0.25) is 14.7 Å². The van der Waals surface area contributed by atoms with Crippen LogP contribution >= 0.6 is 0 Å². The fourth-order valence-electron chi connectivity index (χ4n) is 2.76. The van der Waals surface area contributed by atoms with Crippen molar-refractivity contribution >= 4 is 11.8 Å². The number of hydrogen-bond donors (Lipinski definition) is 2. The van der Waals surface area contributed by atoms with Crippen LogP contribution in [0, 0.1) is 11.7 Å². The van der Waals surface area contributed by atoms with Crippen LogP contribution in [0.25, 0.3) is 11.3 Å². The van der Waals surface area contributed by atoms with Crippen molar-refractivity contribution in [3.63, 3.8) is 0 Å². The predicted octanol–water partition coefficient (Wildman–Crippen LogP) is 1.55. The average molecular weight is 316 g/mol. The van der Waals surface area contributed by atoms with Crippen molar-refractivity contribution in [1.29, 1.82) is 0 Å². The number of nitrogens with two attached hydrogens (primary N) is 1. The molecule has 1 aromatic heterocycles. The monoisotopic (exact) mass is 316 g/mol. The van der Waals surface area contributed by atoms with Gasteiger partial charge in [-0.1, -0.05) is 0 Å². The van der Waals surface area contributed by atoms with Crippen LogP contribution in [0.1, 0.15) is 23.3 Å². The Kier molecular flexibility index (Phi) is 4.10. The Bertz CT molecular complexity index is 726. The van der Waals surface area contributed by atoms with Crippen molar-refractivity contribution in [2.45, 2.75) is 12.8 Å². The van der Waals surface area contributed by atoms with Gasteiger partial charge in [-0.2, -0.15) is 5.10 Å². The molecular formula is C16H17FN4O2. The molecule has 120 valence electrons. The molecule has 1 saturated heterocycles. The molecule has 1 unspecified atom stereocenters. The minimum Gasteiger partial charge on any atom is -0.369 e. The van der Waals surface area contributed by atoms with Gasteiger partial charge in [0.15, 0.2) is 0 Å². The minimum absolute atomic E-state index is 0.211. The number of hydrogen-bond acceptors (Lipinski definition) is 3. The molecule has 2 heterocycles. The number of aromatic amines is 1. The van der Waals surface area contributed by atoms with E-state index in [-0.39, 0.29) is 23.5 Å². The lowest BCUT2D eigenvalue weighted by Crippen LogP contribution is -2.44. The molecule has 6 nitrogen and oxygen atoms in total. The minimum atomic E-state index is -0.376. The summed E-state index contributed by atoms with van der Waals surface area (Å²) in [7, 11) is 0. The van der Waals surface area contributed by atoms with E-state index in [0.717, 1.165) is 12.0 Å². The molecule has 1 aliphatic rings. The van der Waals surface area contributed by atoms with Gasteiger partial charge in [-0.05, 0) is 43.2 Å². The van der Waals surface area contributed by atoms with Crippen molar-refractivity contribution in [3.8, 4) is 11.3 Å². The number of rotatable bonds is 3. The van der Waals surface area contributed by atoms with Gasteiger partial charge in [-0.25, -0.2) is 4.39 Å². The zero-order valence-electron chi connectivity index (χ0n) is 12.5. The Morgan fingerprint density at radius 1 is 1.30 bits per heavy atom. The van der Waals surface area contributed by atoms with Gasteiger partial charge < -0.3 is 10.6 Å². The van der Waals surface area contributed by atoms with Crippen LogP contribution in [0.3, 0.4) is 0 Å². The first kappa shape index (κ1) is 15.2. The summed E-state index contributed by atoms with van der Waals surface area (Å²) < 4.78 is 13.0. The van der Waals surface area contributed by atoms with E-state index in [1.165, 1.54) is 12.1 Å². The molecular weight excluding hydrogens is 299 g/mol. The molecule has 1 aliphatic heterocycles. The number of piperidine rings is 1. The maximum Gasteiger partial charge on any atom is 0.271 e. The summed E-state index contributed by atoms with van der Waals surface area (Å²) in [4.78, 5) is 25.4. The molecule has 3 N–H and O–H groups in total. The quantitative estimate of drug-likeness (QED) is 0.900. The first-order valence-electron chi connectivity index (χ1n) is 7.44. The number of likely N-dealkylation sites (tertiary alicyclic amines) is 1. The molecule has 2 aromatic rings. The van der Waals surface area contributed by atoms with Crippen LogP contribution in [0.4, 0.5) is 4.39 Å². The third-order valence-corrected chi connectivity index (χ3v) is 4.06. The van der Waals surface area contributed by atoms with Gasteiger partial charge in [0.2, 0.25) is 5.91 Å². The zero-order valence-corrected chi connectivity index (χ0v) is 12.5. The second-order valence-electron chi connectivity index (χ2n) is 5.67. The number of carbonyl (C=O) groups is 2. The Morgan fingerprint density at radius 2 is 2.04 bits per heavy atom. The molecule has 1 aromatic carbocycles. The van der Waals surface area contributed by atoms with Gasteiger partial charge in [0, 0.05) is 18.7 Å². The number of aromatic nitrogens is 2. The third-order valence-electron chi connectivity index (χ3n) is 4.06. The molecule has 0 aliphatic carbocycles. The highest BCUT2D eigenvalue weighted by atomic mass is 19.1. The fourth-order valence-corrected chi connectivity index (χ4v) is 2.76. The first-order valence-corrected chi connectivity index (χ1v) is 7.44. The molecule has 0 bridgehead atoms. The van der Waals surface area contributed by atoms with E-state index in [1.807, 2.05) is 0 Å². The third kappa shape index (κ3) is 3.23. The molecule has 0 saturated carbocycles. The number of benzene rings is 1. The second-order valence-corrected chi connectivity index (χ2v) is 5.67. The van der Waals surface area contributed by atoms with Crippen LogP contribution in [-0.4, -0.2) is 40.0 Å². The molecule has 3 rings (SSSR count). The zero-order chi connectivity index (χ0) is 16.4. The molecule has 1 atom stereocenters. The SMILES string of the molecule is NC(=O)C1CCCN(C(=O)c2cc(-c3ccc(F)cc3)n[nH]2)C1. The lowest BCUT2D eigenvalue weighted by Gasteiger charge is -2.30. The molecule has 2 amide bonds. The van der Waals surface area contributed by atoms with Crippen molar-refractivity contribution < 1.29 is 14.0 Å². The summed E-state index contributed by atoms with van der Waals surface area (Å²) in [6.45, 7) is 0.923. The van der Waals surface area contributed by atoms with Crippen molar-refractivity contribution in [2.24, 2.45) is 11.7 Å². The summed E-state index contributed by atoms with van der Waals surface area (Å²) in [6.07, 6.45) is 1.46. The van der Waals surface area contributed by atoms with Crippen LogP contribution in [0.15, 0.2) is 30.3 Å². The highest BCUT2D eigenvalue weighted by Crippen LogP contribution is 2.21. The normalized spacial score (nSPS) is 18.0. The van der Waals surface area contributed by atoms with Gasteiger partial charge in [-0.15, -0.1) is 0 Å². The summed E-state index contributed by atoms with van der Waals surface area (Å²) in [6, 6.07) is 7.51. The summed E-state index contributed by atoms with van der Waals surface area (Å²) in [5.74, 6) is -1.21. The van der Waals surface area contributed by atoms with E-state index in [4.69, 9.17) is 5.73 Å². The van der Waals surface area contributed by atoms with E-state index in [0.29, 0.717) is 30.9 Å². The lowest BCUT2D eigenvalue weighted by atomic mass is 9.97. The van der Waals surface area contributed by atoms with Crippen molar-refractivity contribution in [1.82, 2.24) is 15.1 Å². The number of nitrogens with zero attached hydrogens (tertiary/aromatic N) is 2. The number of carbonyl (C=O) groups excluding carboxylic acids is 2. The van der Waals surface area contributed by atoms with Crippen LogP contribution < -0.4 is 5.73 Å². The predicted molar refractivity (Wildman–Crippen MR) is 81.8 cm³/mol. The number of amides is 2. The van der Waals surface area contributed by atoms with Crippen LogP contribution in [0.5, 0.6) is 0 Å². The summed E-state index contributed by atoms with van der Waals surface area (Å²) in [5.41, 5.74) is 6.96. The van der Waals surface area contributed by atoms with E-state index in [2.05, 4.69) is 10.2 Å². The lowest BCUT2D eigenvalue weighted by molar-refractivity contribution is -0.123. The molecule has 7 heteroatoms. The second kappa shape index (κ2) is 6.20. The molecule has 0 radical (unpaired) electrons. The van der Waals surface area contributed by atoms with Crippen molar-refractivity contribution in [2.75, 3.05) is 13.1 Å². The average Bonchev–Trinajstić information content (AvgIpc) is 3.05. The Balaban J connectivity index is 1.75. The maximum absolute atomic E-state index is 13.0. The first-order chi connectivity index (χ1) is 11.0. The Labute approximate surface area is 132 Å². The summed E-state index contributed by atoms with van der Waals surface area (Å²) in [5, 5.41) is 6.81. The largest absolute Gasteiger partial charge is 0.369 e. The van der Waals surface area contributed by atoms with Crippen LogP contribution in [0.2, 0.25) is 0 Å². The van der Waals surface area contributed by atoms with Gasteiger partial charge in [0.25, 0.3) is 5.91 Å². The molecule has 0 spiro atoms. The maximum atomic E-state index is 13.0. The Hall–Kier alpha value is -2.70. The van der Waals surface area contributed by atoms with E-state index in [1.54, 1.807) is 23.1 Å². The highest BCUT2D eigenvalue weighted by Gasteiger charge is 2.28. The number of halogens is 1. The molecule has 23 heavy (non-hydrogen) atoms. The van der Waals surface area contributed by atoms with Crippen LogP contribution in [-0.2, 0) is 4.79 Å². The molecule has 1 fully saturated rings. The highest BCUT2D eigenvalue weighted by molar-refractivity contribution is 5.94. The van der Waals surface area contributed by atoms with Gasteiger partial charge in [0.1, 0.15) is 11.5 Å². The Morgan fingerprint density at radius 3 is 2.74 bits per heavy atom. The van der Waals surface area contributed by atoms with E-state index >= 15 is 0 Å². The summed E-state index contributed by atoms with van der Waals surface area (Å²) >= 11 is 0. The van der Waals surface area contributed by atoms with E-state index in [9.17, 15) is 14.0 Å².